The number of allylic oxidation sites excluding steroid dienone is 2. The molecular weight excluding hydrogens is 498 g/mol. The molecule has 0 fully saturated rings. The molecule has 2 heterocycles. The molecule has 0 bridgehead atoms. The van der Waals surface area contributed by atoms with Crippen molar-refractivity contribution in [3.63, 3.8) is 0 Å². The van der Waals surface area contributed by atoms with Gasteiger partial charge >= 0.3 is 5.97 Å². The van der Waals surface area contributed by atoms with Crippen molar-refractivity contribution in [3.05, 3.63) is 77.8 Å². The van der Waals surface area contributed by atoms with Crippen molar-refractivity contribution in [1.82, 2.24) is 0 Å². The van der Waals surface area contributed by atoms with E-state index in [0.29, 0.717) is 30.5 Å². The second-order valence-corrected chi connectivity index (χ2v) is 9.83. The maximum Gasteiger partial charge on any atom is 0.338 e. The monoisotopic (exact) mass is 517 g/mol. The van der Waals surface area contributed by atoms with E-state index >= 15 is 0 Å². The maximum absolute atomic E-state index is 13.2. The van der Waals surface area contributed by atoms with Gasteiger partial charge in [0.25, 0.3) is 5.69 Å². The Balaban J connectivity index is 1.95. The average Bonchev–Trinajstić information content (AvgIpc) is 3.19. The van der Waals surface area contributed by atoms with E-state index in [1.807, 2.05) is 12.1 Å². The molecule has 2 aliphatic rings. The molecule has 8 nitrogen and oxygen atoms in total. The van der Waals surface area contributed by atoms with E-state index in [0.717, 1.165) is 14.4 Å². The number of rotatable bonds is 5. The van der Waals surface area contributed by atoms with Crippen LogP contribution in [0, 0.1) is 10.1 Å². The third-order valence-electron chi connectivity index (χ3n) is 5.49. The van der Waals surface area contributed by atoms with Gasteiger partial charge in [0.15, 0.2) is 5.78 Å². The van der Waals surface area contributed by atoms with E-state index in [2.05, 4.69) is 15.9 Å². The van der Waals surface area contributed by atoms with Gasteiger partial charge in [-0.15, -0.1) is 11.3 Å². The number of carbonyl (C=O) groups excluding carboxylic acids is 2. The fraction of sp³-hybridized carbons (Fsp3) is 0.273. The van der Waals surface area contributed by atoms with Crippen LogP contribution in [0.1, 0.15) is 37.0 Å². The van der Waals surface area contributed by atoms with Crippen molar-refractivity contribution in [2.45, 2.75) is 32.1 Å². The first-order valence-electron chi connectivity index (χ1n) is 10.1. The fourth-order valence-corrected chi connectivity index (χ4v) is 5.73. The van der Waals surface area contributed by atoms with Crippen molar-refractivity contribution < 1.29 is 19.2 Å². The standard InChI is InChI=1S/C22H20BrN3O5S/c1-2-31-22(28)20-19(16-10-11-17(23)32-16)18-14(4-3-5-15(18)27)25(21(20)24)12-6-8-13(9-7-12)26(29)30/h6-11,19H,2-5,24H2,1H3. The summed E-state index contributed by atoms with van der Waals surface area (Å²) in [5.74, 6) is -1.08. The number of ether oxygens (including phenoxy) is 1. The van der Waals surface area contributed by atoms with Crippen molar-refractivity contribution in [1.29, 1.82) is 0 Å². The minimum absolute atomic E-state index is 0.0398. The number of thiophene rings is 1. The lowest BCUT2D eigenvalue weighted by Crippen LogP contribution is -2.40. The molecule has 1 unspecified atom stereocenters. The highest BCUT2D eigenvalue weighted by Crippen LogP contribution is 2.48. The molecule has 1 aromatic heterocycles. The smallest absolute Gasteiger partial charge is 0.338 e. The van der Waals surface area contributed by atoms with Crippen molar-refractivity contribution in [3.8, 4) is 0 Å². The van der Waals surface area contributed by atoms with Gasteiger partial charge in [0.05, 0.1) is 26.8 Å². The first kappa shape index (κ1) is 22.2. The Kier molecular flexibility index (Phi) is 6.16. The summed E-state index contributed by atoms with van der Waals surface area (Å²) in [6.07, 6.45) is 1.63. The number of nitro groups is 1. The SMILES string of the molecule is CCOC(=O)C1=C(N)N(c2ccc([N+](=O)[O-])cc2)C2=C(C(=O)CCC2)C1c1ccc(Br)s1. The Labute approximate surface area is 196 Å². The van der Waals surface area contributed by atoms with E-state index in [1.165, 1.54) is 23.5 Å². The maximum atomic E-state index is 13.2. The van der Waals surface area contributed by atoms with Gasteiger partial charge in [-0.25, -0.2) is 4.79 Å². The first-order chi connectivity index (χ1) is 15.3. The molecule has 1 aromatic carbocycles. The molecule has 0 amide bonds. The molecule has 4 rings (SSSR count). The zero-order valence-electron chi connectivity index (χ0n) is 17.2. The van der Waals surface area contributed by atoms with Crippen LogP contribution >= 0.6 is 27.3 Å². The molecule has 1 aliphatic carbocycles. The number of nitro benzene ring substituents is 1. The molecule has 166 valence electrons. The molecule has 0 radical (unpaired) electrons. The quantitative estimate of drug-likeness (QED) is 0.345. The first-order valence-corrected chi connectivity index (χ1v) is 11.7. The van der Waals surface area contributed by atoms with Crippen molar-refractivity contribution >= 4 is 50.4 Å². The van der Waals surface area contributed by atoms with Crippen LogP contribution in [0.25, 0.3) is 0 Å². The zero-order valence-corrected chi connectivity index (χ0v) is 19.6. The minimum Gasteiger partial charge on any atom is -0.463 e. The normalized spacial score (nSPS) is 18.6. The number of hydrogen-bond donors (Lipinski definition) is 1. The van der Waals surface area contributed by atoms with Gasteiger partial charge < -0.3 is 10.5 Å². The summed E-state index contributed by atoms with van der Waals surface area (Å²) in [5.41, 5.74) is 8.52. The van der Waals surface area contributed by atoms with E-state index in [9.17, 15) is 19.7 Å². The van der Waals surface area contributed by atoms with Crippen molar-refractivity contribution in [2.75, 3.05) is 11.5 Å². The second-order valence-electron chi connectivity index (χ2n) is 7.34. The number of hydrogen-bond acceptors (Lipinski definition) is 8. The van der Waals surface area contributed by atoms with Crippen LogP contribution in [0.4, 0.5) is 11.4 Å². The number of nitrogens with two attached hydrogens (primary N) is 1. The van der Waals surface area contributed by atoms with Crippen LogP contribution in [-0.4, -0.2) is 23.3 Å². The minimum atomic E-state index is -0.623. The fourth-order valence-electron chi connectivity index (χ4n) is 4.18. The average molecular weight is 518 g/mol. The summed E-state index contributed by atoms with van der Waals surface area (Å²) >= 11 is 4.90. The number of benzene rings is 1. The summed E-state index contributed by atoms with van der Waals surface area (Å²) in [6, 6.07) is 9.63. The van der Waals surface area contributed by atoms with E-state index in [1.54, 1.807) is 24.0 Å². The summed E-state index contributed by atoms with van der Waals surface area (Å²) in [5, 5.41) is 11.1. The van der Waals surface area contributed by atoms with E-state index < -0.39 is 16.8 Å². The summed E-state index contributed by atoms with van der Waals surface area (Å²) < 4.78 is 6.20. The molecule has 2 aromatic rings. The topological polar surface area (TPSA) is 116 Å². The Morgan fingerprint density at radius 3 is 2.59 bits per heavy atom. The Morgan fingerprint density at radius 2 is 2.00 bits per heavy atom. The molecular formula is C22H20BrN3O5S. The summed E-state index contributed by atoms with van der Waals surface area (Å²) in [7, 11) is 0. The highest BCUT2D eigenvalue weighted by molar-refractivity contribution is 9.11. The number of esters is 1. The van der Waals surface area contributed by atoms with Gasteiger partial charge in [0.2, 0.25) is 0 Å². The van der Waals surface area contributed by atoms with Crippen LogP contribution in [0.3, 0.4) is 0 Å². The van der Waals surface area contributed by atoms with Crippen LogP contribution < -0.4 is 10.6 Å². The predicted molar refractivity (Wildman–Crippen MR) is 124 cm³/mol. The van der Waals surface area contributed by atoms with E-state index in [4.69, 9.17) is 10.5 Å². The lowest BCUT2D eigenvalue weighted by atomic mass is 9.77. The number of Topliss-reactive ketones (excluding diaryl/α,β-unsaturated/α-hetero) is 1. The van der Waals surface area contributed by atoms with Gasteiger partial charge in [-0.3, -0.25) is 19.8 Å². The highest BCUT2D eigenvalue weighted by Gasteiger charge is 2.43. The van der Waals surface area contributed by atoms with Gasteiger partial charge in [-0.2, -0.15) is 0 Å². The van der Waals surface area contributed by atoms with Crippen LogP contribution in [0.5, 0.6) is 0 Å². The van der Waals surface area contributed by atoms with Crippen LogP contribution in [0.2, 0.25) is 0 Å². The molecule has 0 spiro atoms. The number of halogens is 1. The van der Waals surface area contributed by atoms with Crippen LogP contribution in [0.15, 0.2) is 62.8 Å². The van der Waals surface area contributed by atoms with Gasteiger partial charge in [-0.1, -0.05) is 0 Å². The Hall–Kier alpha value is -2.98. The third kappa shape index (κ3) is 3.84. The predicted octanol–water partition coefficient (Wildman–Crippen LogP) is 4.76. The second kappa shape index (κ2) is 8.87. The lowest BCUT2D eigenvalue weighted by molar-refractivity contribution is -0.384. The number of carbonyl (C=O) groups is 2. The Bertz CT molecular complexity index is 1170. The van der Waals surface area contributed by atoms with Crippen LogP contribution in [-0.2, 0) is 14.3 Å². The molecule has 1 atom stereocenters. The molecule has 32 heavy (non-hydrogen) atoms. The van der Waals surface area contributed by atoms with Gasteiger partial charge in [0.1, 0.15) is 5.82 Å². The molecule has 0 saturated carbocycles. The lowest BCUT2D eigenvalue weighted by Gasteiger charge is -2.40. The van der Waals surface area contributed by atoms with Crippen molar-refractivity contribution in [2.24, 2.45) is 5.73 Å². The Morgan fingerprint density at radius 1 is 1.28 bits per heavy atom. The molecule has 0 saturated heterocycles. The van der Waals surface area contributed by atoms with Gasteiger partial charge in [-0.05, 0) is 60.0 Å². The third-order valence-corrected chi connectivity index (χ3v) is 7.17. The zero-order chi connectivity index (χ0) is 23.0. The molecule has 2 N–H and O–H groups in total. The largest absolute Gasteiger partial charge is 0.463 e. The van der Waals surface area contributed by atoms with E-state index in [-0.39, 0.29) is 29.5 Å². The number of non-ortho nitro benzene ring substituents is 1. The molecule has 1 aliphatic heterocycles. The number of anilines is 1. The number of nitrogens with zero attached hydrogens (tertiary/aromatic N) is 2. The summed E-state index contributed by atoms with van der Waals surface area (Å²) in [6.45, 7) is 1.87. The summed E-state index contributed by atoms with van der Waals surface area (Å²) in [4.78, 5) is 39.3. The number of ketones is 1. The highest BCUT2D eigenvalue weighted by atomic mass is 79.9. The molecule has 10 heteroatoms. The van der Waals surface area contributed by atoms with Gasteiger partial charge in [0, 0.05) is 40.4 Å².